The molecule has 2 aromatic rings. The number of benzene rings is 2. The lowest BCUT2D eigenvalue weighted by molar-refractivity contribution is -0.384. The highest BCUT2D eigenvalue weighted by Gasteiger charge is 2.28. The summed E-state index contributed by atoms with van der Waals surface area (Å²) in [6.45, 7) is 3.89. The number of carbonyl (C=O) groups is 2. The Hall–Kier alpha value is -2.64. The Kier molecular flexibility index (Phi) is 7.59. The monoisotopic (exact) mass is 437 g/mol. The predicted molar refractivity (Wildman–Crippen MR) is 112 cm³/mol. The second-order valence-electron chi connectivity index (χ2n) is 6.90. The number of carbonyl (C=O) groups excluding carboxylic acids is 2. The summed E-state index contributed by atoms with van der Waals surface area (Å²) < 4.78 is 0. The molecule has 0 heterocycles. The van der Waals surface area contributed by atoms with Gasteiger partial charge in [0, 0.05) is 30.2 Å². The number of nitrogens with one attached hydrogen (secondary N) is 1. The minimum absolute atomic E-state index is 0.0494. The van der Waals surface area contributed by atoms with Gasteiger partial charge in [-0.05, 0) is 29.7 Å². The summed E-state index contributed by atoms with van der Waals surface area (Å²) >= 11 is 11.9. The van der Waals surface area contributed by atoms with Crippen LogP contribution in [0.2, 0.25) is 10.0 Å². The van der Waals surface area contributed by atoms with E-state index < -0.39 is 16.9 Å². The average molecular weight is 438 g/mol. The van der Waals surface area contributed by atoms with E-state index in [4.69, 9.17) is 23.2 Å². The smallest absolute Gasteiger partial charge is 0.288 e. The third-order valence-corrected chi connectivity index (χ3v) is 5.05. The number of amides is 2. The van der Waals surface area contributed by atoms with Crippen LogP contribution in [0.4, 0.5) is 5.69 Å². The van der Waals surface area contributed by atoms with Crippen molar-refractivity contribution in [2.75, 3.05) is 7.05 Å². The number of nitro benzene ring substituents is 1. The fourth-order valence-corrected chi connectivity index (χ4v) is 3.11. The molecular weight excluding hydrogens is 417 g/mol. The van der Waals surface area contributed by atoms with Crippen LogP contribution in [0.1, 0.15) is 29.8 Å². The van der Waals surface area contributed by atoms with Gasteiger partial charge in [0.25, 0.3) is 11.6 Å². The van der Waals surface area contributed by atoms with Crippen molar-refractivity contribution >= 4 is 40.7 Å². The first-order valence-corrected chi connectivity index (χ1v) is 9.60. The highest BCUT2D eigenvalue weighted by atomic mass is 35.5. The second-order valence-corrected chi connectivity index (χ2v) is 7.72. The third-order valence-electron chi connectivity index (χ3n) is 4.37. The Morgan fingerprint density at radius 2 is 1.79 bits per heavy atom. The number of likely N-dealkylation sites (N-methyl/N-ethyl adjacent to an activating group) is 1. The summed E-state index contributed by atoms with van der Waals surface area (Å²) in [6, 6.07) is 10.1. The summed E-state index contributed by atoms with van der Waals surface area (Å²) in [7, 11) is 1.63. The normalized spacial score (nSPS) is 11.8. The van der Waals surface area contributed by atoms with Gasteiger partial charge in [-0.1, -0.05) is 55.2 Å². The van der Waals surface area contributed by atoms with Gasteiger partial charge in [-0.2, -0.15) is 0 Å². The molecule has 2 amide bonds. The van der Waals surface area contributed by atoms with Gasteiger partial charge in [-0.3, -0.25) is 19.7 Å². The van der Waals surface area contributed by atoms with Crippen molar-refractivity contribution in [1.82, 2.24) is 10.2 Å². The van der Waals surface area contributed by atoms with Crippen molar-refractivity contribution in [3.63, 3.8) is 0 Å². The van der Waals surface area contributed by atoms with Gasteiger partial charge in [0.05, 0.1) is 4.92 Å². The van der Waals surface area contributed by atoms with E-state index in [0.29, 0.717) is 5.02 Å². The number of nitro groups is 1. The van der Waals surface area contributed by atoms with Crippen LogP contribution < -0.4 is 5.32 Å². The van der Waals surface area contributed by atoms with E-state index in [1.807, 2.05) is 12.1 Å². The van der Waals surface area contributed by atoms with E-state index in [1.165, 1.54) is 17.0 Å². The second kappa shape index (κ2) is 9.71. The van der Waals surface area contributed by atoms with Crippen LogP contribution in [-0.2, 0) is 11.3 Å². The Bertz CT molecular complexity index is 934. The standard InChI is InChI=1S/C20H21Cl2N3O4/c1-12(2)18(20(27)24(3)11-14-6-4-5-7-15(14)21)23-19(26)13-8-9-16(22)17(10-13)25(28)29/h4-10,12,18H,11H2,1-3H3,(H,23,26). The molecule has 0 aliphatic rings. The first kappa shape index (κ1) is 22.6. The van der Waals surface area contributed by atoms with Gasteiger partial charge in [0.15, 0.2) is 0 Å². The first-order valence-electron chi connectivity index (χ1n) is 8.85. The molecule has 154 valence electrons. The summed E-state index contributed by atoms with van der Waals surface area (Å²) in [6.07, 6.45) is 0. The average Bonchev–Trinajstić information content (AvgIpc) is 2.67. The summed E-state index contributed by atoms with van der Waals surface area (Å²) in [5, 5.41) is 14.2. The van der Waals surface area contributed by atoms with Gasteiger partial charge in [0.1, 0.15) is 11.1 Å². The molecule has 0 saturated carbocycles. The lowest BCUT2D eigenvalue weighted by Crippen LogP contribution is -2.50. The number of rotatable bonds is 7. The molecule has 1 unspecified atom stereocenters. The lowest BCUT2D eigenvalue weighted by Gasteiger charge is -2.27. The number of hydrogen-bond acceptors (Lipinski definition) is 4. The van der Waals surface area contributed by atoms with Crippen LogP contribution in [0.15, 0.2) is 42.5 Å². The highest BCUT2D eigenvalue weighted by Crippen LogP contribution is 2.25. The van der Waals surface area contributed by atoms with Crippen molar-refractivity contribution in [1.29, 1.82) is 0 Å². The van der Waals surface area contributed by atoms with Crippen LogP contribution in [0.5, 0.6) is 0 Å². The number of nitrogens with zero attached hydrogens (tertiary/aromatic N) is 2. The molecule has 2 rings (SSSR count). The predicted octanol–water partition coefficient (Wildman–Crippen LogP) is 4.31. The topological polar surface area (TPSA) is 92.5 Å². The summed E-state index contributed by atoms with van der Waals surface area (Å²) in [5.41, 5.74) is 0.461. The van der Waals surface area contributed by atoms with E-state index in [0.717, 1.165) is 11.6 Å². The van der Waals surface area contributed by atoms with Gasteiger partial charge in [-0.25, -0.2) is 0 Å². The SMILES string of the molecule is CC(C)C(NC(=O)c1ccc(Cl)c([N+](=O)[O-])c1)C(=O)N(C)Cc1ccccc1Cl. The molecule has 1 N–H and O–H groups in total. The molecule has 0 fully saturated rings. The maximum absolute atomic E-state index is 12.9. The minimum atomic E-state index is -0.815. The number of halogens is 2. The minimum Gasteiger partial charge on any atom is -0.340 e. The fourth-order valence-electron chi connectivity index (χ4n) is 2.73. The molecule has 0 aliphatic heterocycles. The van der Waals surface area contributed by atoms with Crippen LogP contribution in [0.25, 0.3) is 0 Å². The molecule has 7 nitrogen and oxygen atoms in total. The Balaban J connectivity index is 2.18. The van der Waals surface area contributed by atoms with Crippen molar-refractivity contribution in [2.24, 2.45) is 5.92 Å². The number of hydrogen-bond donors (Lipinski definition) is 1. The van der Waals surface area contributed by atoms with E-state index in [9.17, 15) is 19.7 Å². The van der Waals surface area contributed by atoms with E-state index in [2.05, 4.69) is 5.32 Å². The molecule has 0 radical (unpaired) electrons. The Morgan fingerprint density at radius 3 is 2.38 bits per heavy atom. The quantitative estimate of drug-likeness (QED) is 0.515. The lowest BCUT2D eigenvalue weighted by atomic mass is 10.0. The molecular formula is C20H21Cl2N3O4. The van der Waals surface area contributed by atoms with E-state index in [1.54, 1.807) is 33.0 Å². The Labute approximate surface area is 178 Å². The molecule has 0 bridgehead atoms. The van der Waals surface area contributed by atoms with Gasteiger partial charge >= 0.3 is 0 Å². The molecule has 1 atom stereocenters. The first-order chi connectivity index (χ1) is 13.6. The highest BCUT2D eigenvalue weighted by molar-refractivity contribution is 6.32. The maximum Gasteiger partial charge on any atom is 0.288 e. The Morgan fingerprint density at radius 1 is 1.14 bits per heavy atom. The van der Waals surface area contributed by atoms with Gasteiger partial charge in [0.2, 0.25) is 5.91 Å². The van der Waals surface area contributed by atoms with Crippen molar-refractivity contribution < 1.29 is 14.5 Å². The fraction of sp³-hybridized carbons (Fsp3) is 0.300. The van der Waals surface area contributed by atoms with Crippen molar-refractivity contribution in [2.45, 2.75) is 26.4 Å². The zero-order chi connectivity index (χ0) is 21.7. The molecule has 0 spiro atoms. The van der Waals surface area contributed by atoms with Gasteiger partial charge < -0.3 is 10.2 Å². The van der Waals surface area contributed by atoms with Crippen LogP contribution in [0, 0.1) is 16.0 Å². The van der Waals surface area contributed by atoms with Crippen LogP contribution >= 0.6 is 23.2 Å². The van der Waals surface area contributed by atoms with E-state index >= 15 is 0 Å². The van der Waals surface area contributed by atoms with Gasteiger partial charge in [-0.15, -0.1) is 0 Å². The van der Waals surface area contributed by atoms with E-state index in [-0.39, 0.29) is 34.6 Å². The van der Waals surface area contributed by atoms with Crippen LogP contribution in [-0.4, -0.2) is 34.7 Å². The molecule has 9 heteroatoms. The zero-order valence-corrected chi connectivity index (χ0v) is 17.7. The third kappa shape index (κ3) is 5.68. The molecule has 0 saturated heterocycles. The molecule has 2 aromatic carbocycles. The molecule has 0 aliphatic carbocycles. The molecule has 0 aromatic heterocycles. The molecule has 29 heavy (non-hydrogen) atoms. The summed E-state index contributed by atoms with van der Waals surface area (Å²) in [4.78, 5) is 37.4. The van der Waals surface area contributed by atoms with Crippen molar-refractivity contribution in [3.05, 3.63) is 73.8 Å². The zero-order valence-electron chi connectivity index (χ0n) is 16.2. The largest absolute Gasteiger partial charge is 0.340 e. The maximum atomic E-state index is 12.9. The van der Waals surface area contributed by atoms with Crippen LogP contribution in [0.3, 0.4) is 0 Å². The summed E-state index contributed by atoms with van der Waals surface area (Å²) in [5.74, 6) is -1.10. The van der Waals surface area contributed by atoms with Crippen molar-refractivity contribution in [3.8, 4) is 0 Å².